The van der Waals surface area contributed by atoms with Crippen molar-refractivity contribution in [3.8, 4) is 17.0 Å². The molecule has 0 bridgehead atoms. The Morgan fingerprint density at radius 2 is 2.08 bits per heavy atom. The minimum Gasteiger partial charge on any atom is -0.493 e. The van der Waals surface area contributed by atoms with E-state index in [9.17, 15) is 4.79 Å². The molecule has 1 aromatic carbocycles. The minimum absolute atomic E-state index is 0.0867. The van der Waals surface area contributed by atoms with Gasteiger partial charge in [0.1, 0.15) is 23.6 Å². The van der Waals surface area contributed by atoms with Gasteiger partial charge in [-0.1, -0.05) is 23.7 Å². The fraction of sp³-hybridized carbons (Fsp3) is 0.444. The molecule has 1 atom stereocenters. The summed E-state index contributed by atoms with van der Waals surface area (Å²) in [5.74, 6) is 2.67. The summed E-state index contributed by atoms with van der Waals surface area (Å²) >= 11 is 0. The van der Waals surface area contributed by atoms with Crippen LogP contribution in [0.5, 0.6) is 5.75 Å². The molecule has 1 fully saturated rings. The lowest BCUT2D eigenvalue weighted by atomic mass is 9.97. The molecule has 5 heterocycles. The molecule has 2 aliphatic heterocycles. The predicted molar refractivity (Wildman–Crippen MR) is 140 cm³/mol. The van der Waals surface area contributed by atoms with E-state index in [0.717, 1.165) is 79.3 Å². The molecule has 37 heavy (non-hydrogen) atoms. The first-order valence-corrected chi connectivity index (χ1v) is 13.2. The van der Waals surface area contributed by atoms with Crippen molar-refractivity contribution >= 4 is 28.8 Å². The molecular formula is C27H31N7O3. The summed E-state index contributed by atoms with van der Waals surface area (Å²) in [4.78, 5) is 29.5. The summed E-state index contributed by atoms with van der Waals surface area (Å²) in [5, 5.41) is 7.08. The number of carbonyl (C=O) groups excluding carboxylic acids is 1. The van der Waals surface area contributed by atoms with Crippen LogP contribution in [0.25, 0.3) is 22.4 Å². The van der Waals surface area contributed by atoms with Crippen LogP contribution in [0.2, 0.25) is 0 Å². The van der Waals surface area contributed by atoms with Crippen LogP contribution in [-0.2, 0) is 17.8 Å². The van der Waals surface area contributed by atoms with Crippen LogP contribution in [0, 0.1) is 5.92 Å². The average molecular weight is 502 g/mol. The molecule has 0 saturated carbocycles. The van der Waals surface area contributed by atoms with Gasteiger partial charge in [-0.3, -0.25) is 10.1 Å². The number of para-hydroxylation sites is 1. The number of nitrogens with one attached hydrogen (secondary N) is 1. The van der Waals surface area contributed by atoms with Gasteiger partial charge in [0.15, 0.2) is 17.0 Å². The highest BCUT2D eigenvalue weighted by atomic mass is 16.5. The predicted octanol–water partition coefficient (Wildman–Crippen LogP) is 4.46. The summed E-state index contributed by atoms with van der Waals surface area (Å²) in [6.07, 6.45) is 7.79. The van der Waals surface area contributed by atoms with Gasteiger partial charge in [-0.25, -0.2) is 15.0 Å². The Hall–Kier alpha value is -3.95. The van der Waals surface area contributed by atoms with E-state index in [4.69, 9.17) is 14.2 Å². The van der Waals surface area contributed by atoms with Crippen molar-refractivity contribution in [2.75, 3.05) is 29.9 Å². The summed E-state index contributed by atoms with van der Waals surface area (Å²) in [6.45, 7) is 4.83. The number of carbonyl (C=O) groups is 1. The molecule has 1 N–H and O–H groups in total. The molecule has 192 valence electrons. The smallest absolute Gasteiger partial charge is 0.231 e. The van der Waals surface area contributed by atoms with Gasteiger partial charge in [-0.05, 0) is 44.7 Å². The molecule has 6 rings (SSSR count). The zero-order valence-corrected chi connectivity index (χ0v) is 21.0. The first kappa shape index (κ1) is 23.4. The maximum atomic E-state index is 13.2. The summed E-state index contributed by atoms with van der Waals surface area (Å²) < 4.78 is 13.4. The van der Waals surface area contributed by atoms with E-state index in [-0.39, 0.29) is 11.8 Å². The maximum Gasteiger partial charge on any atom is 0.231 e. The number of imidazole rings is 1. The third-order valence-corrected chi connectivity index (χ3v) is 7.18. The number of amides is 1. The van der Waals surface area contributed by atoms with E-state index < -0.39 is 0 Å². The lowest BCUT2D eigenvalue weighted by Crippen LogP contribution is -2.41. The number of fused-ring (bicyclic) bond motifs is 3. The van der Waals surface area contributed by atoms with Crippen LogP contribution in [0.4, 0.5) is 11.7 Å². The van der Waals surface area contributed by atoms with Gasteiger partial charge in [0.25, 0.3) is 0 Å². The van der Waals surface area contributed by atoms with E-state index in [0.29, 0.717) is 24.7 Å². The summed E-state index contributed by atoms with van der Waals surface area (Å²) in [5.41, 5.74) is 3.18. The number of aromatic nitrogens is 5. The topological polar surface area (TPSA) is 111 Å². The van der Waals surface area contributed by atoms with Gasteiger partial charge in [0.2, 0.25) is 11.8 Å². The standard InChI is InChI=1S/C27H31N7O3/c1-2-36-21-11-6-5-10-19(21)20-15-23(37-32-20)31-27(35)18-9-8-13-33(16-18)25-24-26(29-17-28-25)34-14-7-3-4-12-22(34)30-24/h5-6,10-11,15,17-18H,2-4,7-9,12-14,16H2,1H3,(H,31,35)/t18-/m1/s1. The monoisotopic (exact) mass is 501 g/mol. The van der Waals surface area contributed by atoms with Crippen LogP contribution < -0.4 is 15.0 Å². The molecule has 3 aromatic heterocycles. The molecule has 2 aliphatic rings. The zero-order chi connectivity index (χ0) is 25.2. The number of ether oxygens (including phenoxy) is 1. The molecule has 0 unspecified atom stereocenters. The second kappa shape index (κ2) is 10.2. The second-order valence-corrected chi connectivity index (χ2v) is 9.64. The number of aryl methyl sites for hydroxylation is 2. The Balaban J connectivity index is 1.18. The molecule has 4 aromatic rings. The Morgan fingerprint density at radius 3 is 3.00 bits per heavy atom. The number of nitrogens with zero attached hydrogens (tertiary/aromatic N) is 6. The van der Waals surface area contributed by atoms with E-state index >= 15 is 0 Å². The Kier molecular flexibility index (Phi) is 6.46. The SMILES string of the molecule is CCOc1ccccc1-c1cc(NC(=O)[C@@H]2CCCN(c3ncnc4c3nc3n4CCCCC3)C2)on1. The molecule has 1 amide bonds. The van der Waals surface area contributed by atoms with Crippen LogP contribution in [0.1, 0.15) is 44.9 Å². The first-order chi connectivity index (χ1) is 18.2. The number of hydrogen-bond donors (Lipinski definition) is 1. The molecule has 1 saturated heterocycles. The normalized spacial score (nSPS) is 17.9. The Bertz CT molecular complexity index is 1410. The lowest BCUT2D eigenvalue weighted by molar-refractivity contribution is -0.120. The molecule has 10 heteroatoms. The first-order valence-electron chi connectivity index (χ1n) is 13.2. The van der Waals surface area contributed by atoms with Crippen LogP contribution >= 0.6 is 0 Å². The van der Waals surface area contributed by atoms with Crippen molar-refractivity contribution < 1.29 is 14.1 Å². The number of benzene rings is 1. The van der Waals surface area contributed by atoms with E-state index in [1.807, 2.05) is 31.2 Å². The molecule has 10 nitrogen and oxygen atoms in total. The van der Waals surface area contributed by atoms with Gasteiger partial charge in [0.05, 0.1) is 12.5 Å². The third-order valence-electron chi connectivity index (χ3n) is 7.18. The molecular weight excluding hydrogens is 470 g/mol. The van der Waals surface area contributed by atoms with Crippen molar-refractivity contribution in [3.63, 3.8) is 0 Å². The number of hydrogen-bond acceptors (Lipinski definition) is 8. The zero-order valence-electron chi connectivity index (χ0n) is 21.0. The van der Waals surface area contributed by atoms with Gasteiger partial charge in [-0.2, -0.15) is 0 Å². The van der Waals surface area contributed by atoms with Crippen molar-refractivity contribution in [1.82, 2.24) is 24.7 Å². The molecule has 0 spiro atoms. The summed E-state index contributed by atoms with van der Waals surface area (Å²) in [6, 6.07) is 9.39. The van der Waals surface area contributed by atoms with Gasteiger partial charge in [-0.15, -0.1) is 0 Å². The lowest BCUT2D eigenvalue weighted by Gasteiger charge is -2.32. The highest BCUT2D eigenvalue weighted by Gasteiger charge is 2.30. The average Bonchev–Trinajstić information content (AvgIpc) is 3.46. The minimum atomic E-state index is -0.205. The second-order valence-electron chi connectivity index (χ2n) is 9.64. The van der Waals surface area contributed by atoms with Crippen molar-refractivity contribution in [1.29, 1.82) is 0 Å². The number of rotatable bonds is 6. The number of anilines is 2. The van der Waals surface area contributed by atoms with E-state index in [2.05, 4.69) is 29.9 Å². The largest absolute Gasteiger partial charge is 0.493 e. The van der Waals surface area contributed by atoms with Gasteiger partial charge >= 0.3 is 0 Å². The molecule has 0 aliphatic carbocycles. The van der Waals surface area contributed by atoms with E-state index in [1.54, 1.807) is 12.4 Å². The fourth-order valence-corrected chi connectivity index (χ4v) is 5.38. The Labute approximate surface area is 215 Å². The van der Waals surface area contributed by atoms with Crippen LogP contribution in [0.3, 0.4) is 0 Å². The molecule has 0 radical (unpaired) electrons. The van der Waals surface area contributed by atoms with Crippen LogP contribution in [0.15, 0.2) is 41.2 Å². The highest BCUT2D eigenvalue weighted by molar-refractivity contribution is 5.93. The van der Waals surface area contributed by atoms with E-state index in [1.165, 1.54) is 6.42 Å². The maximum absolute atomic E-state index is 13.2. The Morgan fingerprint density at radius 1 is 1.16 bits per heavy atom. The fourth-order valence-electron chi connectivity index (χ4n) is 5.38. The van der Waals surface area contributed by atoms with Crippen molar-refractivity contribution in [2.45, 2.75) is 52.0 Å². The number of piperidine rings is 1. The quantitative estimate of drug-likeness (QED) is 0.412. The third kappa shape index (κ3) is 4.63. The van der Waals surface area contributed by atoms with Gasteiger partial charge in [0, 0.05) is 37.7 Å². The summed E-state index contributed by atoms with van der Waals surface area (Å²) in [7, 11) is 0. The van der Waals surface area contributed by atoms with Crippen molar-refractivity contribution in [2.24, 2.45) is 5.92 Å². The van der Waals surface area contributed by atoms with Crippen LogP contribution in [-0.4, -0.2) is 50.3 Å². The highest BCUT2D eigenvalue weighted by Crippen LogP contribution is 2.32. The van der Waals surface area contributed by atoms with Crippen molar-refractivity contribution in [3.05, 3.63) is 42.5 Å². The van der Waals surface area contributed by atoms with Gasteiger partial charge < -0.3 is 18.7 Å².